The molecule has 2 rings (SSSR count). The number of hydrogen-bond donors (Lipinski definition) is 2. The molecule has 2 N–H and O–H groups in total. The number of alkyl halides is 1. The minimum Gasteiger partial charge on any atom is -0.364 e. The Morgan fingerprint density at radius 1 is 1.50 bits per heavy atom. The number of aromatic nitrogens is 1. The van der Waals surface area contributed by atoms with Gasteiger partial charge in [0.15, 0.2) is 5.43 Å². The second-order valence-corrected chi connectivity index (χ2v) is 5.24. The van der Waals surface area contributed by atoms with E-state index in [0.29, 0.717) is 5.88 Å². The fourth-order valence-electron chi connectivity index (χ4n) is 2.40. The highest BCUT2D eigenvalue weighted by Gasteiger charge is 2.35. The Balaban J connectivity index is 2.19. The summed E-state index contributed by atoms with van der Waals surface area (Å²) >= 11 is 5.96. The van der Waals surface area contributed by atoms with Crippen molar-refractivity contribution in [3.8, 4) is 0 Å². The van der Waals surface area contributed by atoms with Gasteiger partial charge in [-0.05, 0) is 19.8 Å². The maximum absolute atomic E-state index is 12.1. The highest BCUT2D eigenvalue weighted by Crippen LogP contribution is 2.30. The molecule has 1 aromatic rings. The summed E-state index contributed by atoms with van der Waals surface area (Å²) in [5, 5.41) is 2.93. The van der Waals surface area contributed by atoms with Gasteiger partial charge in [-0.15, -0.1) is 11.6 Å². The van der Waals surface area contributed by atoms with Crippen LogP contribution in [0, 0.1) is 6.92 Å². The molecule has 1 fully saturated rings. The molecule has 18 heavy (non-hydrogen) atoms. The Labute approximate surface area is 111 Å². The van der Waals surface area contributed by atoms with Crippen molar-refractivity contribution in [1.29, 1.82) is 0 Å². The van der Waals surface area contributed by atoms with E-state index in [1.165, 1.54) is 12.3 Å². The number of nitrogens with one attached hydrogen (secondary N) is 2. The normalized spacial score (nSPS) is 17.7. The number of hydrogen-bond acceptors (Lipinski definition) is 2. The van der Waals surface area contributed by atoms with Gasteiger partial charge in [-0.25, -0.2) is 0 Å². The van der Waals surface area contributed by atoms with Crippen LogP contribution in [0.15, 0.2) is 17.1 Å². The summed E-state index contributed by atoms with van der Waals surface area (Å²) in [5.74, 6) is 0.0569. The predicted molar refractivity (Wildman–Crippen MR) is 71.2 cm³/mol. The first-order chi connectivity index (χ1) is 8.56. The number of aromatic amines is 1. The smallest absolute Gasteiger partial charge is 0.257 e. The number of halogens is 1. The highest BCUT2D eigenvalue weighted by atomic mass is 35.5. The second kappa shape index (κ2) is 5.14. The van der Waals surface area contributed by atoms with Crippen molar-refractivity contribution in [2.24, 2.45) is 0 Å². The van der Waals surface area contributed by atoms with Crippen LogP contribution in [-0.2, 0) is 0 Å². The van der Waals surface area contributed by atoms with E-state index in [-0.39, 0.29) is 22.4 Å². The fourth-order valence-corrected chi connectivity index (χ4v) is 2.74. The summed E-state index contributed by atoms with van der Waals surface area (Å²) in [5.41, 5.74) is 0.295. The molecule has 1 aromatic heterocycles. The Morgan fingerprint density at radius 3 is 2.72 bits per heavy atom. The quantitative estimate of drug-likeness (QED) is 0.824. The lowest BCUT2D eigenvalue weighted by Crippen LogP contribution is -2.48. The Hall–Kier alpha value is -1.29. The van der Waals surface area contributed by atoms with E-state index in [1.807, 2.05) is 0 Å². The number of aryl methyl sites for hydroxylation is 1. The van der Waals surface area contributed by atoms with Crippen LogP contribution in [-0.4, -0.2) is 22.3 Å². The van der Waals surface area contributed by atoms with Gasteiger partial charge in [0.2, 0.25) is 0 Å². The first-order valence-corrected chi connectivity index (χ1v) is 6.68. The third kappa shape index (κ3) is 2.58. The fraction of sp³-hybridized carbons (Fsp3) is 0.538. The summed E-state index contributed by atoms with van der Waals surface area (Å²) < 4.78 is 0. The number of H-pyrrole nitrogens is 1. The molecule has 0 aliphatic heterocycles. The maximum atomic E-state index is 12.1. The zero-order valence-corrected chi connectivity index (χ0v) is 11.1. The van der Waals surface area contributed by atoms with Crippen molar-refractivity contribution < 1.29 is 4.79 Å². The average molecular weight is 269 g/mol. The van der Waals surface area contributed by atoms with Crippen LogP contribution in [0.4, 0.5) is 0 Å². The van der Waals surface area contributed by atoms with Crippen LogP contribution in [0.5, 0.6) is 0 Å². The summed E-state index contributed by atoms with van der Waals surface area (Å²) in [7, 11) is 0. The van der Waals surface area contributed by atoms with E-state index in [1.54, 1.807) is 6.92 Å². The second-order valence-electron chi connectivity index (χ2n) is 4.97. The van der Waals surface area contributed by atoms with Gasteiger partial charge in [-0.2, -0.15) is 0 Å². The Bertz CT molecular complexity index is 504. The van der Waals surface area contributed by atoms with Crippen LogP contribution >= 0.6 is 11.6 Å². The number of rotatable bonds is 3. The maximum Gasteiger partial charge on any atom is 0.257 e. The van der Waals surface area contributed by atoms with Gasteiger partial charge in [0, 0.05) is 23.8 Å². The molecular weight excluding hydrogens is 252 g/mol. The van der Waals surface area contributed by atoms with Gasteiger partial charge in [0.25, 0.3) is 5.91 Å². The minimum atomic E-state index is -0.337. The minimum absolute atomic E-state index is 0.150. The Kier molecular flexibility index (Phi) is 3.76. The number of carbonyl (C=O) groups is 1. The largest absolute Gasteiger partial charge is 0.364 e. The van der Waals surface area contributed by atoms with E-state index < -0.39 is 0 Å². The van der Waals surface area contributed by atoms with Gasteiger partial charge in [-0.3, -0.25) is 9.59 Å². The van der Waals surface area contributed by atoms with Crippen molar-refractivity contribution in [2.45, 2.75) is 38.1 Å². The molecule has 0 radical (unpaired) electrons. The molecule has 0 aromatic carbocycles. The highest BCUT2D eigenvalue weighted by molar-refractivity contribution is 6.19. The average Bonchev–Trinajstić information content (AvgIpc) is 2.78. The van der Waals surface area contributed by atoms with Crippen molar-refractivity contribution in [1.82, 2.24) is 10.3 Å². The van der Waals surface area contributed by atoms with Crippen LogP contribution in [0.25, 0.3) is 0 Å². The van der Waals surface area contributed by atoms with Gasteiger partial charge >= 0.3 is 0 Å². The van der Waals surface area contributed by atoms with Crippen molar-refractivity contribution in [3.05, 3.63) is 33.7 Å². The predicted octanol–water partition coefficient (Wildman–Crippen LogP) is 1.96. The van der Waals surface area contributed by atoms with Crippen LogP contribution < -0.4 is 10.7 Å². The molecule has 98 valence electrons. The van der Waals surface area contributed by atoms with E-state index in [2.05, 4.69) is 10.3 Å². The van der Waals surface area contributed by atoms with Crippen molar-refractivity contribution in [3.63, 3.8) is 0 Å². The third-order valence-electron chi connectivity index (χ3n) is 3.50. The van der Waals surface area contributed by atoms with E-state index >= 15 is 0 Å². The molecule has 0 saturated heterocycles. The van der Waals surface area contributed by atoms with Crippen molar-refractivity contribution in [2.75, 3.05) is 5.88 Å². The van der Waals surface area contributed by atoms with E-state index in [9.17, 15) is 9.59 Å². The first-order valence-electron chi connectivity index (χ1n) is 6.14. The Morgan fingerprint density at radius 2 is 2.17 bits per heavy atom. The van der Waals surface area contributed by atoms with Gasteiger partial charge < -0.3 is 10.3 Å². The molecule has 0 spiro atoms. The van der Waals surface area contributed by atoms with Gasteiger partial charge in [0.1, 0.15) is 5.56 Å². The van der Waals surface area contributed by atoms with Gasteiger partial charge in [-0.1, -0.05) is 12.8 Å². The molecule has 0 unspecified atom stereocenters. The molecule has 4 nitrogen and oxygen atoms in total. The summed E-state index contributed by atoms with van der Waals surface area (Å²) in [6.45, 7) is 1.78. The lowest BCUT2D eigenvalue weighted by molar-refractivity contribution is 0.0908. The van der Waals surface area contributed by atoms with Crippen LogP contribution in [0.3, 0.4) is 0 Å². The molecule has 5 heteroatoms. The monoisotopic (exact) mass is 268 g/mol. The molecule has 0 atom stereocenters. The lowest BCUT2D eigenvalue weighted by atomic mass is 10.00. The summed E-state index contributed by atoms with van der Waals surface area (Å²) in [6, 6.07) is 1.43. The van der Waals surface area contributed by atoms with Gasteiger partial charge in [0.05, 0.1) is 5.54 Å². The van der Waals surface area contributed by atoms with Crippen LogP contribution in [0.2, 0.25) is 0 Å². The summed E-state index contributed by atoms with van der Waals surface area (Å²) in [6.07, 6.45) is 5.36. The molecular formula is C13H17ClN2O2. The van der Waals surface area contributed by atoms with Crippen LogP contribution in [0.1, 0.15) is 41.7 Å². The molecule has 1 aliphatic rings. The number of carbonyl (C=O) groups excluding carboxylic acids is 1. The molecule has 0 bridgehead atoms. The van der Waals surface area contributed by atoms with E-state index in [0.717, 1.165) is 31.4 Å². The third-order valence-corrected chi connectivity index (χ3v) is 4.01. The number of amides is 1. The topological polar surface area (TPSA) is 62.0 Å². The molecule has 1 heterocycles. The summed E-state index contributed by atoms with van der Waals surface area (Å²) in [4.78, 5) is 26.7. The van der Waals surface area contributed by atoms with E-state index in [4.69, 9.17) is 11.6 Å². The molecule has 1 saturated carbocycles. The zero-order valence-electron chi connectivity index (χ0n) is 10.4. The SMILES string of the molecule is Cc1cc(=O)c(C(=O)NC2(CCl)CCCC2)c[nH]1. The zero-order chi connectivity index (χ0) is 13.2. The molecule has 1 amide bonds. The first kappa shape index (κ1) is 13.1. The molecule has 1 aliphatic carbocycles. The standard InChI is InChI=1S/C13H17ClN2O2/c1-9-6-11(17)10(7-15-9)12(18)16-13(8-14)4-2-3-5-13/h6-7H,2-5,8H2,1H3,(H,15,17)(H,16,18). The lowest BCUT2D eigenvalue weighted by Gasteiger charge is -2.27. The number of pyridine rings is 1. The van der Waals surface area contributed by atoms with Crippen molar-refractivity contribution >= 4 is 17.5 Å².